The van der Waals surface area contributed by atoms with E-state index in [1.165, 1.54) is 7.11 Å². The van der Waals surface area contributed by atoms with Crippen molar-refractivity contribution in [2.24, 2.45) is 5.92 Å². The summed E-state index contributed by atoms with van der Waals surface area (Å²) in [4.78, 5) is 35.4. The topological polar surface area (TPSA) is 102 Å². The van der Waals surface area contributed by atoms with E-state index < -0.39 is 35.9 Å². The molecule has 0 unspecified atom stereocenters. The smallest absolute Gasteiger partial charge is 0.326 e. The number of benzene rings is 1. The van der Waals surface area contributed by atoms with Crippen LogP contribution in [0.25, 0.3) is 0 Å². The Morgan fingerprint density at radius 2 is 1.83 bits per heavy atom. The number of rotatable bonds is 9. The van der Waals surface area contributed by atoms with Gasteiger partial charge >= 0.3 is 11.9 Å². The molecule has 1 rings (SSSR count). The SMILES string of the molecule is CCOC(=O)C[C@@H](C)[C@@H](NC(=O)[C@H](OC)c1ccccc1)C(=O)O. The van der Waals surface area contributed by atoms with Crippen molar-refractivity contribution < 1.29 is 29.0 Å². The van der Waals surface area contributed by atoms with Crippen molar-refractivity contribution in [1.82, 2.24) is 5.32 Å². The predicted octanol–water partition coefficient (Wildman–Crippen LogP) is 1.53. The molecule has 0 aliphatic rings. The number of hydrogen-bond acceptors (Lipinski definition) is 5. The van der Waals surface area contributed by atoms with Gasteiger partial charge in [-0.2, -0.15) is 0 Å². The zero-order valence-corrected chi connectivity index (χ0v) is 14.0. The molecule has 0 saturated heterocycles. The summed E-state index contributed by atoms with van der Waals surface area (Å²) in [5.74, 6) is -2.93. The minimum atomic E-state index is -1.22. The quantitative estimate of drug-likeness (QED) is 0.663. The third-order valence-corrected chi connectivity index (χ3v) is 3.50. The van der Waals surface area contributed by atoms with Crippen molar-refractivity contribution in [3.05, 3.63) is 35.9 Å². The normalized spacial score (nSPS) is 14.3. The lowest BCUT2D eigenvalue weighted by molar-refractivity contribution is -0.148. The van der Waals surface area contributed by atoms with Gasteiger partial charge in [-0.15, -0.1) is 0 Å². The molecule has 1 amide bonds. The molecule has 1 aromatic carbocycles. The summed E-state index contributed by atoms with van der Waals surface area (Å²) < 4.78 is 10.00. The van der Waals surface area contributed by atoms with Crippen LogP contribution in [0.4, 0.5) is 0 Å². The molecular formula is C17H23NO6. The van der Waals surface area contributed by atoms with Gasteiger partial charge < -0.3 is 19.9 Å². The molecular weight excluding hydrogens is 314 g/mol. The van der Waals surface area contributed by atoms with Crippen LogP contribution >= 0.6 is 0 Å². The number of aliphatic carboxylic acids is 1. The number of amides is 1. The maximum atomic E-state index is 12.4. The van der Waals surface area contributed by atoms with Gasteiger partial charge in [-0.3, -0.25) is 9.59 Å². The highest BCUT2D eigenvalue weighted by Crippen LogP contribution is 2.18. The Balaban J connectivity index is 2.81. The molecule has 0 radical (unpaired) electrons. The highest BCUT2D eigenvalue weighted by molar-refractivity contribution is 5.87. The van der Waals surface area contributed by atoms with Gasteiger partial charge in [-0.05, 0) is 18.4 Å². The number of carboxylic acids is 1. The second-order valence-corrected chi connectivity index (χ2v) is 5.34. The Bertz CT molecular complexity index is 559. The van der Waals surface area contributed by atoms with Crippen LogP contribution in [0.5, 0.6) is 0 Å². The lowest BCUT2D eigenvalue weighted by Crippen LogP contribution is -2.47. The van der Waals surface area contributed by atoms with Crippen molar-refractivity contribution in [3.63, 3.8) is 0 Å². The second kappa shape index (κ2) is 9.67. The minimum absolute atomic E-state index is 0.103. The van der Waals surface area contributed by atoms with Crippen LogP contribution in [0.2, 0.25) is 0 Å². The van der Waals surface area contributed by atoms with Gasteiger partial charge in [-0.25, -0.2) is 4.79 Å². The van der Waals surface area contributed by atoms with Gasteiger partial charge in [0.05, 0.1) is 13.0 Å². The zero-order valence-electron chi connectivity index (χ0n) is 14.0. The van der Waals surface area contributed by atoms with Crippen molar-refractivity contribution in [3.8, 4) is 0 Å². The number of carbonyl (C=O) groups excluding carboxylic acids is 2. The third-order valence-electron chi connectivity index (χ3n) is 3.50. The Hall–Kier alpha value is -2.41. The molecule has 24 heavy (non-hydrogen) atoms. The first kappa shape index (κ1) is 19.6. The van der Waals surface area contributed by atoms with E-state index in [0.29, 0.717) is 5.56 Å². The molecule has 0 aliphatic heterocycles. The van der Waals surface area contributed by atoms with Crippen LogP contribution < -0.4 is 5.32 Å². The predicted molar refractivity (Wildman–Crippen MR) is 86.2 cm³/mol. The van der Waals surface area contributed by atoms with E-state index in [-0.39, 0.29) is 13.0 Å². The van der Waals surface area contributed by atoms with Crippen LogP contribution in [-0.4, -0.2) is 42.7 Å². The van der Waals surface area contributed by atoms with E-state index in [9.17, 15) is 19.5 Å². The van der Waals surface area contributed by atoms with E-state index in [1.807, 2.05) is 0 Å². The van der Waals surface area contributed by atoms with E-state index >= 15 is 0 Å². The number of nitrogens with one attached hydrogen (secondary N) is 1. The molecule has 132 valence electrons. The van der Waals surface area contributed by atoms with Crippen LogP contribution in [0.3, 0.4) is 0 Å². The van der Waals surface area contributed by atoms with E-state index in [0.717, 1.165) is 0 Å². The summed E-state index contributed by atoms with van der Waals surface area (Å²) in [5.41, 5.74) is 0.611. The fourth-order valence-corrected chi connectivity index (χ4v) is 2.30. The summed E-state index contributed by atoms with van der Waals surface area (Å²) in [7, 11) is 1.37. The van der Waals surface area contributed by atoms with Gasteiger partial charge in [0.2, 0.25) is 0 Å². The first-order valence-corrected chi connectivity index (χ1v) is 7.67. The zero-order chi connectivity index (χ0) is 18.1. The van der Waals surface area contributed by atoms with Crippen LogP contribution in [-0.2, 0) is 23.9 Å². The summed E-state index contributed by atoms with van der Waals surface area (Å²) in [6.45, 7) is 3.46. The van der Waals surface area contributed by atoms with Crippen molar-refractivity contribution in [1.29, 1.82) is 0 Å². The molecule has 0 spiro atoms. The summed E-state index contributed by atoms with van der Waals surface area (Å²) in [6, 6.07) is 7.52. The number of esters is 1. The lowest BCUT2D eigenvalue weighted by atomic mass is 9.97. The van der Waals surface area contributed by atoms with E-state index in [1.54, 1.807) is 44.2 Å². The molecule has 7 heteroatoms. The molecule has 0 heterocycles. The highest BCUT2D eigenvalue weighted by atomic mass is 16.5. The molecule has 0 bridgehead atoms. The Morgan fingerprint density at radius 3 is 2.33 bits per heavy atom. The monoisotopic (exact) mass is 337 g/mol. The van der Waals surface area contributed by atoms with Crippen LogP contribution in [0.1, 0.15) is 31.9 Å². The largest absolute Gasteiger partial charge is 0.480 e. The Morgan fingerprint density at radius 1 is 1.21 bits per heavy atom. The maximum absolute atomic E-state index is 12.4. The minimum Gasteiger partial charge on any atom is -0.480 e. The molecule has 3 atom stereocenters. The summed E-state index contributed by atoms with van der Waals surface area (Å²) in [6.07, 6.45) is -1.03. The fraction of sp³-hybridized carbons (Fsp3) is 0.471. The molecule has 7 nitrogen and oxygen atoms in total. The van der Waals surface area contributed by atoms with E-state index in [2.05, 4.69) is 5.32 Å². The van der Waals surface area contributed by atoms with Gasteiger partial charge in [-0.1, -0.05) is 37.3 Å². The second-order valence-electron chi connectivity index (χ2n) is 5.34. The molecule has 0 saturated carbocycles. The average molecular weight is 337 g/mol. The summed E-state index contributed by atoms with van der Waals surface area (Å²) in [5, 5.41) is 11.8. The summed E-state index contributed by atoms with van der Waals surface area (Å²) >= 11 is 0. The third kappa shape index (κ3) is 5.66. The first-order valence-electron chi connectivity index (χ1n) is 7.67. The Kier molecular flexibility index (Phi) is 7.91. The Labute approximate surface area is 141 Å². The molecule has 1 aromatic rings. The number of methoxy groups -OCH3 is 1. The van der Waals surface area contributed by atoms with Crippen LogP contribution in [0.15, 0.2) is 30.3 Å². The fourth-order valence-electron chi connectivity index (χ4n) is 2.30. The lowest BCUT2D eigenvalue weighted by Gasteiger charge is -2.23. The van der Waals surface area contributed by atoms with Gasteiger partial charge in [0, 0.05) is 7.11 Å². The van der Waals surface area contributed by atoms with Gasteiger partial charge in [0.15, 0.2) is 6.10 Å². The van der Waals surface area contributed by atoms with Crippen molar-refractivity contribution >= 4 is 17.8 Å². The number of hydrogen-bond donors (Lipinski definition) is 2. The van der Waals surface area contributed by atoms with Gasteiger partial charge in [0.1, 0.15) is 6.04 Å². The first-order chi connectivity index (χ1) is 11.4. The average Bonchev–Trinajstić information content (AvgIpc) is 2.54. The molecule has 2 N–H and O–H groups in total. The number of carboxylic acid groups (broad SMARTS) is 1. The molecule has 0 aromatic heterocycles. The standard InChI is InChI=1S/C17H23NO6/c1-4-24-13(19)10-11(2)14(17(21)22)18-16(20)15(23-3)12-8-6-5-7-9-12/h5-9,11,14-15H,4,10H2,1-3H3,(H,18,20)(H,21,22)/t11-,14-,15-/m1/s1. The van der Waals surface area contributed by atoms with Gasteiger partial charge in [0.25, 0.3) is 5.91 Å². The molecule has 0 fully saturated rings. The maximum Gasteiger partial charge on any atom is 0.326 e. The van der Waals surface area contributed by atoms with E-state index in [4.69, 9.17) is 9.47 Å². The van der Waals surface area contributed by atoms with Crippen LogP contribution in [0, 0.1) is 5.92 Å². The van der Waals surface area contributed by atoms with Crippen molar-refractivity contribution in [2.45, 2.75) is 32.4 Å². The molecule has 0 aliphatic carbocycles. The highest BCUT2D eigenvalue weighted by Gasteiger charge is 2.31. The number of carbonyl (C=O) groups is 3. The van der Waals surface area contributed by atoms with Crippen molar-refractivity contribution in [2.75, 3.05) is 13.7 Å². The number of ether oxygens (including phenoxy) is 2.